The highest BCUT2D eigenvalue weighted by Crippen LogP contribution is 2.33. The van der Waals surface area contributed by atoms with Crippen LogP contribution in [0.4, 0.5) is 0 Å². The first-order valence-corrected chi connectivity index (χ1v) is 7.51. The van der Waals surface area contributed by atoms with Gasteiger partial charge in [0.15, 0.2) is 0 Å². The molecule has 0 amide bonds. The van der Waals surface area contributed by atoms with Crippen LogP contribution in [0.3, 0.4) is 0 Å². The van der Waals surface area contributed by atoms with Crippen LogP contribution in [0.25, 0.3) is 0 Å². The van der Waals surface area contributed by atoms with E-state index in [1.165, 1.54) is 63.5 Å². The summed E-state index contributed by atoms with van der Waals surface area (Å²) in [6.45, 7) is 8.84. The summed E-state index contributed by atoms with van der Waals surface area (Å²) in [6.07, 6.45) is 4.12. The molecule has 2 fully saturated rings. The van der Waals surface area contributed by atoms with Gasteiger partial charge in [0.2, 0.25) is 0 Å². The first-order valence-electron chi connectivity index (χ1n) is 6.35. The van der Waals surface area contributed by atoms with Gasteiger partial charge in [-0.05, 0) is 37.8 Å². The van der Waals surface area contributed by atoms with Crippen molar-refractivity contribution in [3.8, 4) is 0 Å². The summed E-state index contributed by atoms with van der Waals surface area (Å²) in [6, 6.07) is 0. The third-order valence-corrected chi connectivity index (χ3v) is 5.02. The topological polar surface area (TPSA) is 15.3 Å². The summed E-state index contributed by atoms with van der Waals surface area (Å²) >= 11 is 2.11. The second-order valence-corrected chi connectivity index (χ2v) is 6.22. The predicted molar refractivity (Wildman–Crippen MR) is 68.6 cm³/mol. The molecule has 0 aromatic heterocycles. The van der Waals surface area contributed by atoms with Gasteiger partial charge in [0, 0.05) is 31.1 Å². The molecule has 0 aromatic rings. The first kappa shape index (κ1) is 11.7. The van der Waals surface area contributed by atoms with Crippen LogP contribution in [0.5, 0.6) is 0 Å². The predicted octanol–water partition coefficient (Wildman–Crippen LogP) is 1.82. The number of hydrogen-bond donors (Lipinski definition) is 1. The second-order valence-electron chi connectivity index (χ2n) is 4.99. The van der Waals surface area contributed by atoms with Gasteiger partial charge in [0.1, 0.15) is 0 Å². The molecule has 0 aliphatic carbocycles. The van der Waals surface area contributed by atoms with E-state index in [1.54, 1.807) is 0 Å². The Bertz CT molecular complexity index is 184. The Morgan fingerprint density at radius 1 is 1.20 bits per heavy atom. The quantitative estimate of drug-likeness (QED) is 0.793. The van der Waals surface area contributed by atoms with Gasteiger partial charge < -0.3 is 10.2 Å². The highest BCUT2D eigenvalue weighted by atomic mass is 32.2. The Labute approximate surface area is 98.2 Å². The smallest absolute Gasteiger partial charge is 0.00729 e. The summed E-state index contributed by atoms with van der Waals surface area (Å²) in [5.74, 6) is 2.69. The Morgan fingerprint density at radius 2 is 1.87 bits per heavy atom. The van der Waals surface area contributed by atoms with Crippen LogP contribution in [0.2, 0.25) is 0 Å². The third-order valence-electron chi connectivity index (χ3n) is 4.08. The van der Waals surface area contributed by atoms with Crippen molar-refractivity contribution in [3.05, 3.63) is 0 Å². The highest BCUT2D eigenvalue weighted by Gasteiger charge is 2.32. The Kier molecular flexibility index (Phi) is 4.35. The minimum absolute atomic E-state index is 0.632. The minimum Gasteiger partial charge on any atom is -0.317 e. The number of hydrogen-bond acceptors (Lipinski definition) is 3. The number of piperidine rings is 1. The van der Waals surface area contributed by atoms with Crippen molar-refractivity contribution in [2.75, 3.05) is 44.2 Å². The van der Waals surface area contributed by atoms with E-state index < -0.39 is 0 Å². The zero-order chi connectivity index (χ0) is 10.6. The molecule has 2 aliphatic rings. The fraction of sp³-hybridized carbons (Fsp3) is 1.00. The van der Waals surface area contributed by atoms with E-state index in [2.05, 4.69) is 28.9 Å². The largest absolute Gasteiger partial charge is 0.317 e. The Morgan fingerprint density at radius 3 is 2.47 bits per heavy atom. The van der Waals surface area contributed by atoms with E-state index in [4.69, 9.17) is 0 Å². The van der Waals surface area contributed by atoms with E-state index in [1.807, 2.05) is 0 Å². The van der Waals surface area contributed by atoms with Crippen LogP contribution in [0, 0.1) is 5.41 Å². The molecule has 0 atom stereocenters. The van der Waals surface area contributed by atoms with Crippen molar-refractivity contribution in [3.63, 3.8) is 0 Å². The van der Waals surface area contributed by atoms with Crippen molar-refractivity contribution in [1.29, 1.82) is 0 Å². The normalized spacial score (nSPS) is 27.8. The average molecular weight is 228 g/mol. The minimum atomic E-state index is 0.632. The summed E-state index contributed by atoms with van der Waals surface area (Å²) in [5.41, 5.74) is 0.632. The average Bonchev–Trinajstić information content (AvgIpc) is 2.32. The standard InChI is InChI=1S/C12H24N2S/c1-2-12(3-5-13-6-4-12)11-14-7-9-15-10-8-14/h13H,2-11H2,1H3. The lowest BCUT2D eigenvalue weighted by Gasteiger charge is -2.42. The van der Waals surface area contributed by atoms with Crippen LogP contribution in [-0.4, -0.2) is 49.1 Å². The highest BCUT2D eigenvalue weighted by molar-refractivity contribution is 7.99. The van der Waals surface area contributed by atoms with Crippen LogP contribution in [-0.2, 0) is 0 Å². The zero-order valence-electron chi connectivity index (χ0n) is 9.93. The molecular weight excluding hydrogens is 204 g/mol. The van der Waals surface area contributed by atoms with Gasteiger partial charge in [-0.15, -0.1) is 0 Å². The van der Waals surface area contributed by atoms with E-state index in [9.17, 15) is 0 Å². The summed E-state index contributed by atoms with van der Waals surface area (Å²) in [4.78, 5) is 2.70. The summed E-state index contributed by atoms with van der Waals surface area (Å²) in [7, 11) is 0. The molecule has 15 heavy (non-hydrogen) atoms. The molecule has 2 saturated heterocycles. The second kappa shape index (κ2) is 5.55. The van der Waals surface area contributed by atoms with Crippen LogP contribution >= 0.6 is 11.8 Å². The molecule has 0 bridgehead atoms. The zero-order valence-corrected chi connectivity index (χ0v) is 10.7. The van der Waals surface area contributed by atoms with Gasteiger partial charge in [-0.25, -0.2) is 0 Å². The van der Waals surface area contributed by atoms with Gasteiger partial charge in [0.25, 0.3) is 0 Å². The number of thioether (sulfide) groups is 1. The van der Waals surface area contributed by atoms with E-state index >= 15 is 0 Å². The lowest BCUT2D eigenvalue weighted by atomic mass is 9.76. The SMILES string of the molecule is CCC1(CN2CCSCC2)CCNCC1. The molecule has 0 saturated carbocycles. The van der Waals surface area contributed by atoms with Gasteiger partial charge in [0.05, 0.1) is 0 Å². The van der Waals surface area contributed by atoms with Crippen molar-refractivity contribution < 1.29 is 0 Å². The van der Waals surface area contributed by atoms with Gasteiger partial charge in [-0.2, -0.15) is 11.8 Å². The Balaban J connectivity index is 1.87. The van der Waals surface area contributed by atoms with E-state index in [0.29, 0.717) is 5.41 Å². The lowest BCUT2D eigenvalue weighted by molar-refractivity contribution is 0.113. The summed E-state index contributed by atoms with van der Waals surface area (Å²) < 4.78 is 0. The Hall–Kier alpha value is 0.270. The van der Waals surface area contributed by atoms with Crippen molar-refractivity contribution in [2.45, 2.75) is 26.2 Å². The van der Waals surface area contributed by atoms with Gasteiger partial charge >= 0.3 is 0 Å². The van der Waals surface area contributed by atoms with Crippen LogP contribution in [0.15, 0.2) is 0 Å². The van der Waals surface area contributed by atoms with Gasteiger partial charge in [-0.3, -0.25) is 0 Å². The first-order chi connectivity index (χ1) is 7.35. The molecule has 1 N–H and O–H groups in total. The molecule has 3 heteroatoms. The number of nitrogens with zero attached hydrogens (tertiary/aromatic N) is 1. The summed E-state index contributed by atoms with van der Waals surface area (Å²) in [5, 5.41) is 3.49. The molecule has 2 rings (SSSR count). The molecule has 0 aromatic carbocycles. The fourth-order valence-corrected chi connectivity index (χ4v) is 3.79. The van der Waals surface area contributed by atoms with Crippen LogP contribution < -0.4 is 5.32 Å². The molecule has 0 spiro atoms. The fourth-order valence-electron chi connectivity index (χ4n) is 2.81. The van der Waals surface area contributed by atoms with Crippen LogP contribution in [0.1, 0.15) is 26.2 Å². The van der Waals surface area contributed by atoms with E-state index in [-0.39, 0.29) is 0 Å². The number of rotatable bonds is 3. The van der Waals surface area contributed by atoms with Crippen molar-refractivity contribution >= 4 is 11.8 Å². The van der Waals surface area contributed by atoms with Crippen molar-refractivity contribution in [1.82, 2.24) is 10.2 Å². The van der Waals surface area contributed by atoms with E-state index in [0.717, 1.165) is 0 Å². The maximum Gasteiger partial charge on any atom is 0.00729 e. The molecule has 2 aliphatic heterocycles. The molecule has 0 unspecified atom stereocenters. The van der Waals surface area contributed by atoms with Gasteiger partial charge in [-0.1, -0.05) is 6.92 Å². The maximum atomic E-state index is 3.49. The third kappa shape index (κ3) is 3.11. The molecule has 2 heterocycles. The number of nitrogens with one attached hydrogen (secondary N) is 1. The molecule has 88 valence electrons. The molecular formula is C12H24N2S. The monoisotopic (exact) mass is 228 g/mol. The molecule has 2 nitrogen and oxygen atoms in total. The maximum absolute atomic E-state index is 3.49. The lowest BCUT2D eigenvalue weighted by Crippen LogP contribution is -2.46. The molecule has 0 radical (unpaired) electrons. The van der Waals surface area contributed by atoms with Crippen molar-refractivity contribution in [2.24, 2.45) is 5.41 Å².